The molecule has 0 bridgehead atoms. The van der Waals surface area contributed by atoms with Crippen molar-refractivity contribution in [2.24, 2.45) is 0 Å². The summed E-state index contributed by atoms with van der Waals surface area (Å²) in [6, 6.07) is 7.08. The van der Waals surface area contributed by atoms with Crippen molar-refractivity contribution in [1.29, 1.82) is 0 Å². The fourth-order valence-corrected chi connectivity index (χ4v) is 2.59. The Morgan fingerprint density at radius 1 is 1.32 bits per heavy atom. The number of amides is 1. The number of aromatic amines is 1. The van der Waals surface area contributed by atoms with Gasteiger partial charge in [0.2, 0.25) is 5.56 Å². The molecule has 22 heavy (non-hydrogen) atoms. The number of aromatic nitrogens is 1. The van der Waals surface area contributed by atoms with E-state index in [1.54, 1.807) is 24.3 Å². The van der Waals surface area contributed by atoms with E-state index in [1.807, 2.05) is 0 Å². The van der Waals surface area contributed by atoms with Gasteiger partial charge in [-0.25, -0.2) is 4.79 Å². The highest BCUT2D eigenvalue weighted by atomic mass is 16.5. The van der Waals surface area contributed by atoms with Gasteiger partial charge in [0.15, 0.2) is 6.04 Å². The molecule has 7 nitrogen and oxygen atoms in total. The summed E-state index contributed by atoms with van der Waals surface area (Å²) in [5.74, 6) is -1.60. The molecule has 2 aromatic rings. The van der Waals surface area contributed by atoms with Crippen molar-refractivity contribution in [3.63, 3.8) is 0 Å². The van der Waals surface area contributed by atoms with Crippen molar-refractivity contribution < 1.29 is 19.4 Å². The smallest absolute Gasteiger partial charge is 0.328 e. The van der Waals surface area contributed by atoms with Crippen molar-refractivity contribution >= 4 is 22.8 Å². The van der Waals surface area contributed by atoms with E-state index in [4.69, 9.17) is 4.74 Å². The molecule has 1 atom stereocenters. The molecule has 1 fully saturated rings. The number of nitrogens with zero attached hydrogens (tertiary/aromatic N) is 1. The Hall–Kier alpha value is -2.67. The standard InChI is InChI=1S/C15H14N2O5/c18-13-7-10(9-3-1-2-4-11(9)16-13)14(19)17-5-6-22-8-12(17)15(20)21/h1-4,7,12H,5-6,8H2,(H,16,18)(H,20,21)/t12-/m1/s1. The number of ether oxygens (including phenoxy) is 1. The molecule has 1 aliphatic heterocycles. The molecular weight excluding hydrogens is 288 g/mol. The lowest BCUT2D eigenvalue weighted by Crippen LogP contribution is -2.52. The number of carbonyl (C=O) groups excluding carboxylic acids is 1. The number of H-pyrrole nitrogens is 1. The molecule has 0 spiro atoms. The number of hydrogen-bond acceptors (Lipinski definition) is 4. The summed E-state index contributed by atoms with van der Waals surface area (Å²) in [5.41, 5.74) is 0.341. The molecule has 3 rings (SSSR count). The number of aliphatic carboxylic acids is 1. The molecule has 0 aliphatic carbocycles. The molecule has 1 saturated heterocycles. The second kappa shape index (κ2) is 5.61. The highest BCUT2D eigenvalue weighted by Gasteiger charge is 2.33. The SMILES string of the molecule is O=C(O)[C@H]1COCCN1C(=O)c1cc(=O)[nH]c2ccccc12. The first-order valence-electron chi connectivity index (χ1n) is 6.81. The van der Waals surface area contributed by atoms with Gasteiger partial charge in [-0.05, 0) is 6.07 Å². The Morgan fingerprint density at radius 2 is 2.09 bits per heavy atom. The molecular formula is C15H14N2O5. The van der Waals surface area contributed by atoms with E-state index in [0.29, 0.717) is 10.9 Å². The number of carboxylic acids is 1. The molecule has 114 valence electrons. The normalized spacial score (nSPS) is 18.4. The predicted molar refractivity (Wildman–Crippen MR) is 77.8 cm³/mol. The lowest BCUT2D eigenvalue weighted by atomic mass is 10.1. The molecule has 0 radical (unpaired) electrons. The molecule has 1 aromatic carbocycles. The summed E-state index contributed by atoms with van der Waals surface area (Å²) in [5, 5.41) is 9.82. The molecule has 7 heteroatoms. The van der Waals surface area contributed by atoms with Crippen LogP contribution in [0.5, 0.6) is 0 Å². The molecule has 0 saturated carbocycles. The molecule has 0 unspecified atom stereocenters. The van der Waals surface area contributed by atoms with Crippen molar-refractivity contribution in [3.05, 3.63) is 46.2 Å². The molecule has 2 heterocycles. The number of carboxylic acid groups (broad SMARTS) is 1. The van der Waals surface area contributed by atoms with Crippen LogP contribution in [0.15, 0.2) is 35.1 Å². The Morgan fingerprint density at radius 3 is 2.86 bits per heavy atom. The van der Waals surface area contributed by atoms with Gasteiger partial charge in [-0.1, -0.05) is 18.2 Å². The third kappa shape index (κ3) is 2.46. The maximum Gasteiger partial charge on any atom is 0.328 e. The maximum atomic E-state index is 12.7. The monoisotopic (exact) mass is 302 g/mol. The summed E-state index contributed by atoms with van der Waals surface area (Å²) in [6.07, 6.45) is 0. The number of para-hydroxylation sites is 1. The number of morpholine rings is 1. The van der Waals surface area contributed by atoms with Crippen molar-refractivity contribution in [3.8, 4) is 0 Å². The number of rotatable bonds is 2. The van der Waals surface area contributed by atoms with Crippen LogP contribution in [0, 0.1) is 0 Å². The van der Waals surface area contributed by atoms with Crippen LogP contribution in [0.4, 0.5) is 0 Å². The lowest BCUT2D eigenvalue weighted by molar-refractivity contribution is -0.147. The van der Waals surface area contributed by atoms with Gasteiger partial charge < -0.3 is 19.7 Å². The summed E-state index contributed by atoms with van der Waals surface area (Å²) < 4.78 is 5.13. The van der Waals surface area contributed by atoms with E-state index in [-0.39, 0.29) is 25.3 Å². The Labute approximate surface area is 125 Å². The minimum atomic E-state index is -1.12. The zero-order valence-electron chi connectivity index (χ0n) is 11.6. The average Bonchev–Trinajstić information content (AvgIpc) is 2.53. The molecule has 1 amide bonds. The number of carbonyl (C=O) groups is 2. The molecule has 1 aliphatic rings. The number of pyridine rings is 1. The Balaban J connectivity index is 2.08. The third-order valence-corrected chi connectivity index (χ3v) is 3.66. The van der Waals surface area contributed by atoms with Gasteiger partial charge in [0.05, 0.1) is 18.8 Å². The van der Waals surface area contributed by atoms with Gasteiger partial charge in [0, 0.05) is 23.5 Å². The zero-order chi connectivity index (χ0) is 15.7. The highest BCUT2D eigenvalue weighted by molar-refractivity contribution is 6.07. The van der Waals surface area contributed by atoms with E-state index < -0.39 is 23.5 Å². The van der Waals surface area contributed by atoms with Crippen LogP contribution in [0.25, 0.3) is 10.9 Å². The van der Waals surface area contributed by atoms with E-state index in [1.165, 1.54) is 11.0 Å². The van der Waals surface area contributed by atoms with Crippen molar-refractivity contribution in [2.45, 2.75) is 6.04 Å². The summed E-state index contributed by atoms with van der Waals surface area (Å²) >= 11 is 0. The number of hydrogen-bond donors (Lipinski definition) is 2. The van der Waals surface area contributed by atoms with Crippen LogP contribution in [0.1, 0.15) is 10.4 Å². The van der Waals surface area contributed by atoms with Crippen LogP contribution < -0.4 is 5.56 Å². The van der Waals surface area contributed by atoms with Crippen LogP contribution in [-0.2, 0) is 9.53 Å². The van der Waals surface area contributed by atoms with Gasteiger partial charge in [0.25, 0.3) is 5.91 Å². The Bertz CT molecular complexity index is 798. The van der Waals surface area contributed by atoms with Gasteiger partial charge >= 0.3 is 5.97 Å². The minimum absolute atomic E-state index is 0.0534. The first-order valence-corrected chi connectivity index (χ1v) is 6.81. The van der Waals surface area contributed by atoms with Crippen LogP contribution >= 0.6 is 0 Å². The fraction of sp³-hybridized carbons (Fsp3) is 0.267. The van der Waals surface area contributed by atoms with Crippen LogP contribution in [-0.4, -0.2) is 52.7 Å². The highest BCUT2D eigenvalue weighted by Crippen LogP contribution is 2.19. The van der Waals surface area contributed by atoms with Gasteiger partial charge in [-0.15, -0.1) is 0 Å². The van der Waals surface area contributed by atoms with E-state index in [0.717, 1.165) is 0 Å². The van der Waals surface area contributed by atoms with Crippen molar-refractivity contribution in [1.82, 2.24) is 9.88 Å². The maximum absolute atomic E-state index is 12.7. The summed E-state index contributed by atoms with van der Waals surface area (Å²) in [7, 11) is 0. The zero-order valence-corrected chi connectivity index (χ0v) is 11.6. The fourth-order valence-electron chi connectivity index (χ4n) is 2.59. The summed E-state index contributed by atoms with van der Waals surface area (Å²) in [6.45, 7) is 0.399. The lowest BCUT2D eigenvalue weighted by Gasteiger charge is -2.33. The molecule has 1 aromatic heterocycles. The first-order chi connectivity index (χ1) is 10.6. The minimum Gasteiger partial charge on any atom is -0.480 e. The second-order valence-corrected chi connectivity index (χ2v) is 5.02. The van der Waals surface area contributed by atoms with Gasteiger partial charge in [-0.3, -0.25) is 9.59 Å². The van der Waals surface area contributed by atoms with E-state index in [9.17, 15) is 19.5 Å². The quantitative estimate of drug-likeness (QED) is 0.839. The van der Waals surface area contributed by atoms with Gasteiger partial charge in [-0.2, -0.15) is 0 Å². The Kier molecular flexibility index (Phi) is 3.64. The largest absolute Gasteiger partial charge is 0.480 e. The summed E-state index contributed by atoms with van der Waals surface area (Å²) in [4.78, 5) is 39.7. The number of fused-ring (bicyclic) bond motifs is 1. The van der Waals surface area contributed by atoms with Crippen LogP contribution in [0.2, 0.25) is 0 Å². The number of nitrogens with one attached hydrogen (secondary N) is 1. The first kappa shape index (κ1) is 14.3. The second-order valence-electron chi connectivity index (χ2n) is 5.02. The average molecular weight is 302 g/mol. The molecule has 2 N–H and O–H groups in total. The topological polar surface area (TPSA) is 99.7 Å². The van der Waals surface area contributed by atoms with Crippen molar-refractivity contribution in [2.75, 3.05) is 19.8 Å². The predicted octanol–water partition coefficient (Wildman–Crippen LogP) is 0.454. The van der Waals surface area contributed by atoms with E-state index >= 15 is 0 Å². The van der Waals surface area contributed by atoms with E-state index in [2.05, 4.69) is 4.98 Å². The third-order valence-electron chi connectivity index (χ3n) is 3.66. The van der Waals surface area contributed by atoms with Crippen LogP contribution in [0.3, 0.4) is 0 Å². The van der Waals surface area contributed by atoms with Gasteiger partial charge in [0.1, 0.15) is 0 Å². The number of benzene rings is 1.